The number of nitrogens with two attached hydrogens (primary N) is 1. The number of ether oxygens (including phenoxy) is 2. The molecule has 2 saturated heterocycles. The van der Waals surface area contributed by atoms with Crippen LogP contribution in [0.3, 0.4) is 0 Å². The molecule has 3 N–H and O–H groups in total. The number of amides is 2. The Morgan fingerprint density at radius 3 is 1.64 bits per heavy atom. The van der Waals surface area contributed by atoms with Gasteiger partial charge in [0, 0.05) is 100 Å². The number of hydrogen-bond acceptors (Lipinski definition) is 14. The molecule has 0 bridgehead atoms. The maximum atomic E-state index is 11.9. The van der Waals surface area contributed by atoms with Crippen LogP contribution in [0, 0.1) is 0 Å². The molecule has 19 heteroatoms. The molecule has 4 aliphatic heterocycles. The Balaban J connectivity index is 0.000000165. The molecule has 0 aromatic carbocycles. The number of halogens is 3. The number of rotatable bonds is 4. The SMILES string of the molecule is CC(=O)N1CCc2sc3ncnc(Cl)c3c2C1.CC(=O)N1CCc2sc3ncnc(NC4CCC(N5CCOCC5)CC4)c3c2C1.Cl.Cl.NC1CCC(N2CCOCC2)CC1. The first-order valence-corrected chi connectivity index (χ1v) is 23.6. The number of carbonyl (C=O) groups excluding carboxylic acids is 2. The van der Waals surface area contributed by atoms with Crippen LogP contribution in [-0.4, -0.2) is 141 Å². The van der Waals surface area contributed by atoms with Gasteiger partial charge in [-0.3, -0.25) is 19.4 Å². The van der Waals surface area contributed by atoms with Gasteiger partial charge in [-0.05, 0) is 75.3 Å². The number of morpholine rings is 2. The fourth-order valence-electron chi connectivity index (χ4n) is 9.56. The molecule has 4 aromatic rings. The van der Waals surface area contributed by atoms with Gasteiger partial charge in [-0.1, -0.05) is 11.6 Å². The quantitative estimate of drug-likeness (QED) is 0.220. The minimum Gasteiger partial charge on any atom is -0.379 e. The van der Waals surface area contributed by atoms with Crippen molar-refractivity contribution in [2.45, 2.75) is 115 Å². The molecule has 2 aliphatic carbocycles. The van der Waals surface area contributed by atoms with Gasteiger partial charge in [0.1, 0.15) is 33.3 Å². The zero-order valence-corrected chi connectivity index (χ0v) is 39.3. The Bertz CT molecular complexity index is 2070. The fraction of sp³-hybridized carbons (Fsp3) is 0.667. The summed E-state index contributed by atoms with van der Waals surface area (Å²) in [5.74, 6) is 1.19. The highest BCUT2D eigenvalue weighted by Gasteiger charge is 2.30. The van der Waals surface area contributed by atoms with Gasteiger partial charge in [-0.25, -0.2) is 19.9 Å². The lowest BCUT2D eigenvalue weighted by molar-refractivity contribution is -0.130. The van der Waals surface area contributed by atoms with Crippen molar-refractivity contribution in [2.24, 2.45) is 5.73 Å². The van der Waals surface area contributed by atoms with E-state index < -0.39 is 0 Å². The van der Waals surface area contributed by atoms with E-state index in [9.17, 15) is 9.59 Å². The molecule has 4 fully saturated rings. The lowest BCUT2D eigenvalue weighted by Gasteiger charge is -2.39. The van der Waals surface area contributed by atoms with E-state index in [0.29, 0.717) is 36.4 Å². The maximum Gasteiger partial charge on any atom is 0.219 e. The van der Waals surface area contributed by atoms with Crippen LogP contribution in [-0.2, 0) is 45.0 Å². The highest BCUT2D eigenvalue weighted by molar-refractivity contribution is 7.19. The first kappa shape index (κ1) is 48.0. The highest BCUT2D eigenvalue weighted by Crippen LogP contribution is 2.39. The second-order valence-corrected chi connectivity index (χ2v) is 19.2. The summed E-state index contributed by atoms with van der Waals surface area (Å²) >= 11 is 9.53. The van der Waals surface area contributed by atoms with Gasteiger partial charge < -0.3 is 30.3 Å². The number of hydrogen-bond donors (Lipinski definition) is 2. The van der Waals surface area contributed by atoms with Crippen LogP contribution in [0.1, 0.15) is 86.1 Å². The zero-order chi connectivity index (χ0) is 40.9. The molecule has 2 amide bonds. The Morgan fingerprint density at radius 1 is 0.672 bits per heavy atom. The first-order valence-electron chi connectivity index (χ1n) is 21.5. The fourth-order valence-corrected chi connectivity index (χ4v) is 12.1. The van der Waals surface area contributed by atoms with Crippen LogP contribution in [0.25, 0.3) is 20.4 Å². The number of nitrogens with zero attached hydrogens (tertiary/aromatic N) is 8. The molecule has 336 valence electrons. The second kappa shape index (κ2) is 22.4. The Morgan fingerprint density at radius 2 is 1.13 bits per heavy atom. The van der Waals surface area contributed by atoms with Crippen molar-refractivity contribution in [3.8, 4) is 0 Å². The van der Waals surface area contributed by atoms with Gasteiger partial charge in [0.15, 0.2) is 0 Å². The molecule has 0 radical (unpaired) electrons. The summed E-state index contributed by atoms with van der Waals surface area (Å²) in [6.45, 7) is 14.1. The van der Waals surface area contributed by atoms with E-state index in [1.54, 1.807) is 42.8 Å². The second-order valence-electron chi connectivity index (χ2n) is 16.7. The van der Waals surface area contributed by atoms with Crippen LogP contribution in [0.2, 0.25) is 5.15 Å². The van der Waals surface area contributed by atoms with Crippen molar-refractivity contribution >= 4 is 97.2 Å². The number of nitrogens with one attached hydrogen (secondary N) is 1. The van der Waals surface area contributed by atoms with Crippen LogP contribution in [0.15, 0.2) is 12.7 Å². The lowest BCUT2D eigenvalue weighted by Crippen LogP contribution is -2.46. The number of anilines is 1. The predicted octanol–water partition coefficient (Wildman–Crippen LogP) is 6.33. The predicted molar refractivity (Wildman–Crippen MR) is 249 cm³/mol. The monoisotopic (exact) mass is 938 g/mol. The van der Waals surface area contributed by atoms with E-state index in [2.05, 4.69) is 35.1 Å². The standard InChI is InChI=1S/C21H29N5O2S.C11H10ClN3OS.C10H20N2O.2ClH/c1-14(27)26-7-6-18-17(12-26)19-20(22-13-23-21(19)29-18)24-15-2-4-16(5-3-15)25-8-10-28-11-9-25;1-6(16)15-3-2-8-7(4-15)9-10(12)13-5-14-11(9)17-8;11-9-1-3-10(4-2-9)12-5-7-13-8-6-12;;/h13,15-16H,2-12H2,1H3,(H,22,23,24);5H,2-4H2,1H3;9-10H,1-8,11H2;2*1H. The average Bonchev–Trinajstić information content (AvgIpc) is 3.84. The van der Waals surface area contributed by atoms with Crippen molar-refractivity contribution < 1.29 is 19.1 Å². The van der Waals surface area contributed by atoms with Crippen LogP contribution >= 0.6 is 59.1 Å². The van der Waals surface area contributed by atoms with Crippen molar-refractivity contribution in [3.05, 3.63) is 38.7 Å². The highest BCUT2D eigenvalue weighted by atomic mass is 35.5. The van der Waals surface area contributed by atoms with Crippen molar-refractivity contribution in [3.63, 3.8) is 0 Å². The number of aromatic nitrogens is 4. The summed E-state index contributed by atoms with van der Waals surface area (Å²) in [6, 6.07) is 2.41. The normalized spacial score (nSPS) is 24.5. The van der Waals surface area contributed by atoms with Crippen molar-refractivity contribution in [1.82, 2.24) is 39.5 Å². The van der Waals surface area contributed by atoms with Crippen molar-refractivity contribution in [2.75, 3.05) is 71.0 Å². The summed E-state index contributed by atoms with van der Waals surface area (Å²) in [7, 11) is 0. The molecule has 0 unspecified atom stereocenters. The Kier molecular flexibility index (Phi) is 17.6. The molecule has 4 aromatic heterocycles. The number of fused-ring (bicyclic) bond motifs is 6. The topological polar surface area (TPSA) is 155 Å². The van der Waals surface area contributed by atoms with E-state index in [0.717, 1.165) is 116 Å². The van der Waals surface area contributed by atoms with E-state index in [1.165, 1.54) is 73.0 Å². The average molecular weight is 941 g/mol. The van der Waals surface area contributed by atoms with E-state index in [4.69, 9.17) is 26.8 Å². The van der Waals surface area contributed by atoms with E-state index in [1.807, 2.05) is 9.80 Å². The van der Waals surface area contributed by atoms with E-state index in [-0.39, 0.29) is 36.6 Å². The van der Waals surface area contributed by atoms with Crippen LogP contribution < -0.4 is 11.1 Å². The largest absolute Gasteiger partial charge is 0.379 e. The maximum absolute atomic E-state index is 11.9. The van der Waals surface area contributed by atoms with Gasteiger partial charge >= 0.3 is 0 Å². The molecule has 10 rings (SSSR count). The molecule has 61 heavy (non-hydrogen) atoms. The van der Waals surface area contributed by atoms with Gasteiger partial charge in [-0.2, -0.15) is 0 Å². The molecule has 6 aliphatic rings. The third-order valence-electron chi connectivity index (χ3n) is 13.0. The summed E-state index contributed by atoms with van der Waals surface area (Å²) < 4.78 is 10.8. The van der Waals surface area contributed by atoms with Crippen molar-refractivity contribution in [1.29, 1.82) is 0 Å². The Hall–Kier alpha value is -2.51. The molecule has 14 nitrogen and oxygen atoms in total. The summed E-state index contributed by atoms with van der Waals surface area (Å²) in [6.07, 6.45) is 14.7. The smallest absolute Gasteiger partial charge is 0.219 e. The molecular formula is C42H61Cl3N10O4S2. The van der Waals surface area contributed by atoms with E-state index >= 15 is 0 Å². The molecule has 8 heterocycles. The third kappa shape index (κ3) is 11.6. The minimum absolute atomic E-state index is 0. The van der Waals surface area contributed by atoms with Gasteiger partial charge in [0.2, 0.25) is 11.8 Å². The molecule has 0 atom stereocenters. The Labute approximate surface area is 384 Å². The number of thiophene rings is 2. The zero-order valence-electron chi connectivity index (χ0n) is 35.3. The first-order chi connectivity index (χ1) is 28.7. The molecule has 2 saturated carbocycles. The molecular weight excluding hydrogens is 879 g/mol. The molecule has 0 spiro atoms. The minimum atomic E-state index is 0. The summed E-state index contributed by atoms with van der Waals surface area (Å²) in [5, 5.41) is 6.27. The summed E-state index contributed by atoms with van der Waals surface area (Å²) in [5.41, 5.74) is 8.25. The van der Waals surface area contributed by atoms with Crippen LogP contribution in [0.5, 0.6) is 0 Å². The number of carbonyl (C=O) groups is 2. The van der Waals surface area contributed by atoms with Gasteiger partial charge in [0.05, 0.1) is 37.2 Å². The van der Waals surface area contributed by atoms with Crippen LogP contribution in [0.4, 0.5) is 5.82 Å². The lowest BCUT2D eigenvalue weighted by atomic mass is 9.90. The third-order valence-corrected chi connectivity index (χ3v) is 15.7. The van der Waals surface area contributed by atoms with Gasteiger partial charge in [-0.15, -0.1) is 47.5 Å². The van der Waals surface area contributed by atoms with Gasteiger partial charge in [0.25, 0.3) is 0 Å². The summed E-state index contributed by atoms with van der Waals surface area (Å²) in [4.78, 5) is 54.3.